The minimum absolute atomic E-state index is 0.0553. The second-order valence-corrected chi connectivity index (χ2v) is 4.79. The summed E-state index contributed by atoms with van der Waals surface area (Å²) in [7, 11) is 0. The third-order valence-corrected chi connectivity index (χ3v) is 3.09. The zero-order valence-electron chi connectivity index (χ0n) is 10.4. The first-order valence-corrected chi connectivity index (χ1v) is 6.19. The Morgan fingerprint density at radius 2 is 2.53 bits per heavy atom. The molecular formula is C12H20N4O. The summed E-state index contributed by atoms with van der Waals surface area (Å²) in [5, 5.41) is 10.6. The summed E-state index contributed by atoms with van der Waals surface area (Å²) in [5.41, 5.74) is 1.22. The molecule has 1 aromatic rings. The Bertz CT molecular complexity index is 386. The lowest BCUT2D eigenvalue weighted by atomic mass is 10.1. The van der Waals surface area contributed by atoms with E-state index in [1.807, 2.05) is 26.1 Å². The highest BCUT2D eigenvalue weighted by Crippen LogP contribution is 2.16. The third-order valence-electron chi connectivity index (χ3n) is 3.09. The summed E-state index contributed by atoms with van der Waals surface area (Å²) in [5.74, 6) is 0.175. The standard InChI is InChI=1S/C12H20N4O/c1-9(2)12(17)14-5-3-10-7-13-8-11-4-6-15-16(10)11/h4,6,9-10,13H,3,5,7-8H2,1-2H3,(H,14,17). The van der Waals surface area contributed by atoms with Gasteiger partial charge in [0, 0.05) is 31.7 Å². The Balaban J connectivity index is 1.83. The molecule has 0 fully saturated rings. The lowest BCUT2D eigenvalue weighted by Crippen LogP contribution is -2.36. The van der Waals surface area contributed by atoms with E-state index in [0.717, 1.165) is 19.5 Å². The topological polar surface area (TPSA) is 59.0 Å². The van der Waals surface area contributed by atoms with Crippen molar-refractivity contribution in [2.75, 3.05) is 13.1 Å². The van der Waals surface area contributed by atoms with Crippen LogP contribution in [-0.2, 0) is 11.3 Å². The van der Waals surface area contributed by atoms with E-state index in [9.17, 15) is 4.79 Å². The van der Waals surface area contributed by atoms with Crippen molar-refractivity contribution in [3.05, 3.63) is 18.0 Å². The number of hydrogen-bond donors (Lipinski definition) is 2. The minimum Gasteiger partial charge on any atom is -0.356 e. The first-order chi connectivity index (χ1) is 8.18. The fraction of sp³-hybridized carbons (Fsp3) is 0.667. The first kappa shape index (κ1) is 12.1. The predicted octanol–water partition coefficient (Wildman–Crippen LogP) is 0.690. The Kier molecular flexibility index (Phi) is 3.78. The van der Waals surface area contributed by atoms with E-state index in [2.05, 4.69) is 20.4 Å². The molecule has 0 spiro atoms. The molecule has 2 rings (SSSR count). The third kappa shape index (κ3) is 2.85. The average Bonchev–Trinajstić information content (AvgIpc) is 2.77. The number of rotatable bonds is 4. The summed E-state index contributed by atoms with van der Waals surface area (Å²) >= 11 is 0. The summed E-state index contributed by atoms with van der Waals surface area (Å²) < 4.78 is 2.07. The van der Waals surface area contributed by atoms with Crippen molar-refractivity contribution >= 4 is 5.91 Å². The molecule has 1 aromatic heterocycles. The number of nitrogens with zero attached hydrogens (tertiary/aromatic N) is 2. The van der Waals surface area contributed by atoms with Gasteiger partial charge in [0.1, 0.15) is 0 Å². The molecule has 0 saturated carbocycles. The predicted molar refractivity (Wildman–Crippen MR) is 65.4 cm³/mol. The molecule has 1 aliphatic rings. The molecule has 0 radical (unpaired) electrons. The van der Waals surface area contributed by atoms with Gasteiger partial charge in [-0.15, -0.1) is 0 Å². The van der Waals surface area contributed by atoms with Gasteiger partial charge >= 0.3 is 0 Å². The van der Waals surface area contributed by atoms with Gasteiger partial charge in [-0.05, 0) is 12.5 Å². The van der Waals surface area contributed by atoms with Crippen LogP contribution in [0.15, 0.2) is 12.3 Å². The van der Waals surface area contributed by atoms with Gasteiger partial charge in [0.2, 0.25) is 5.91 Å². The van der Waals surface area contributed by atoms with Crippen molar-refractivity contribution in [3.8, 4) is 0 Å². The van der Waals surface area contributed by atoms with Gasteiger partial charge in [-0.1, -0.05) is 13.8 Å². The van der Waals surface area contributed by atoms with Gasteiger partial charge in [-0.2, -0.15) is 5.10 Å². The fourth-order valence-corrected chi connectivity index (χ4v) is 2.05. The van der Waals surface area contributed by atoms with Crippen LogP contribution in [0.2, 0.25) is 0 Å². The van der Waals surface area contributed by atoms with Gasteiger partial charge in [0.25, 0.3) is 0 Å². The molecule has 0 aliphatic carbocycles. The van der Waals surface area contributed by atoms with Gasteiger partial charge in [-0.25, -0.2) is 0 Å². The fourth-order valence-electron chi connectivity index (χ4n) is 2.05. The first-order valence-electron chi connectivity index (χ1n) is 6.19. The van der Waals surface area contributed by atoms with Crippen molar-refractivity contribution in [1.82, 2.24) is 20.4 Å². The van der Waals surface area contributed by atoms with E-state index in [4.69, 9.17) is 0 Å². The molecule has 17 heavy (non-hydrogen) atoms. The van der Waals surface area contributed by atoms with Crippen molar-refractivity contribution in [2.45, 2.75) is 32.9 Å². The molecule has 0 aromatic carbocycles. The highest BCUT2D eigenvalue weighted by molar-refractivity contribution is 5.77. The van der Waals surface area contributed by atoms with Crippen molar-refractivity contribution in [3.63, 3.8) is 0 Å². The largest absolute Gasteiger partial charge is 0.356 e. The Morgan fingerprint density at radius 3 is 3.29 bits per heavy atom. The highest BCUT2D eigenvalue weighted by atomic mass is 16.1. The summed E-state index contributed by atoms with van der Waals surface area (Å²) in [6.45, 7) is 6.33. The zero-order valence-corrected chi connectivity index (χ0v) is 10.4. The maximum Gasteiger partial charge on any atom is 0.222 e. The SMILES string of the molecule is CC(C)C(=O)NCCC1CNCc2ccnn21. The molecular weight excluding hydrogens is 216 g/mol. The second-order valence-electron chi connectivity index (χ2n) is 4.79. The lowest BCUT2D eigenvalue weighted by Gasteiger charge is -2.25. The van der Waals surface area contributed by atoms with Crippen LogP contribution in [0.4, 0.5) is 0 Å². The monoisotopic (exact) mass is 236 g/mol. The Labute approximate surface area is 102 Å². The minimum atomic E-state index is 0.0553. The normalized spacial score (nSPS) is 19.1. The molecule has 94 valence electrons. The molecule has 1 unspecified atom stereocenters. The van der Waals surface area contributed by atoms with Gasteiger partial charge in [0.15, 0.2) is 0 Å². The number of carbonyl (C=O) groups is 1. The number of carbonyl (C=O) groups excluding carboxylic acids is 1. The summed E-state index contributed by atoms with van der Waals surface area (Å²) in [6.07, 6.45) is 2.75. The molecule has 5 heteroatoms. The number of fused-ring (bicyclic) bond motifs is 1. The van der Waals surface area contributed by atoms with E-state index in [1.54, 1.807) is 0 Å². The number of amides is 1. The number of nitrogens with one attached hydrogen (secondary N) is 2. The number of hydrogen-bond acceptors (Lipinski definition) is 3. The van der Waals surface area contributed by atoms with Gasteiger partial charge < -0.3 is 10.6 Å². The molecule has 1 atom stereocenters. The van der Waals surface area contributed by atoms with Crippen molar-refractivity contribution in [1.29, 1.82) is 0 Å². The van der Waals surface area contributed by atoms with Crippen LogP contribution in [0, 0.1) is 5.92 Å². The zero-order chi connectivity index (χ0) is 12.3. The number of aromatic nitrogens is 2. The molecule has 0 saturated heterocycles. The van der Waals surface area contributed by atoms with Crippen molar-refractivity contribution < 1.29 is 4.79 Å². The van der Waals surface area contributed by atoms with Crippen molar-refractivity contribution in [2.24, 2.45) is 5.92 Å². The van der Waals surface area contributed by atoms with Crippen LogP contribution in [-0.4, -0.2) is 28.8 Å². The highest BCUT2D eigenvalue weighted by Gasteiger charge is 2.19. The van der Waals surface area contributed by atoms with Crippen LogP contribution in [0.5, 0.6) is 0 Å². The summed E-state index contributed by atoms with van der Waals surface area (Å²) in [6, 6.07) is 2.38. The van der Waals surface area contributed by atoms with Gasteiger partial charge in [-0.3, -0.25) is 9.48 Å². The molecule has 5 nitrogen and oxygen atoms in total. The van der Waals surface area contributed by atoms with E-state index in [0.29, 0.717) is 12.6 Å². The van der Waals surface area contributed by atoms with Crippen LogP contribution < -0.4 is 10.6 Å². The maximum atomic E-state index is 11.4. The van der Waals surface area contributed by atoms with Crippen LogP contribution >= 0.6 is 0 Å². The smallest absolute Gasteiger partial charge is 0.222 e. The van der Waals surface area contributed by atoms with Crippen LogP contribution in [0.25, 0.3) is 0 Å². The molecule has 1 aliphatic heterocycles. The lowest BCUT2D eigenvalue weighted by molar-refractivity contribution is -0.124. The van der Waals surface area contributed by atoms with Gasteiger partial charge in [0.05, 0.1) is 11.7 Å². The van der Waals surface area contributed by atoms with Crippen LogP contribution in [0.3, 0.4) is 0 Å². The van der Waals surface area contributed by atoms with Crippen LogP contribution in [0.1, 0.15) is 32.0 Å². The Hall–Kier alpha value is -1.36. The quantitative estimate of drug-likeness (QED) is 0.808. The van der Waals surface area contributed by atoms with E-state index >= 15 is 0 Å². The Morgan fingerprint density at radius 1 is 1.71 bits per heavy atom. The molecule has 0 bridgehead atoms. The average molecular weight is 236 g/mol. The van der Waals surface area contributed by atoms with E-state index < -0.39 is 0 Å². The molecule has 2 N–H and O–H groups in total. The van der Waals surface area contributed by atoms with E-state index in [-0.39, 0.29) is 11.8 Å². The maximum absolute atomic E-state index is 11.4. The second kappa shape index (κ2) is 5.31. The molecule has 2 heterocycles. The van der Waals surface area contributed by atoms with E-state index in [1.165, 1.54) is 5.69 Å². The molecule has 1 amide bonds. The summed E-state index contributed by atoms with van der Waals surface area (Å²) in [4.78, 5) is 11.4.